The Bertz CT molecular complexity index is 894. The fraction of sp³-hybridized carbons (Fsp3) is 0.318. The lowest BCUT2D eigenvalue weighted by Crippen LogP contribution is -2.56. The molecule has 0 saturated carbocycles. The molecule has 2 atom stereocenters. The molecular formula is C22H21NO7. The minimum Gasteiger partial charge on any atom is -0.448 e. The molecule has 0 aromatic heterocycles. The van der Waals surface area contributed by atoms with Crippen molar-refractivity contribution in [1.29, 1.82) is 0 Å². The number of rotatable bonds is 6. The third kappa shape index (κ3) is 3.55. The largest absolute Gasteiger partial charge is 0.448 e. The first-order chi connectivity index (χ1) is 14.5. The maximum atomic E-state index is 13.4. The molecule has 1 unspecified atom stereocenters. The van der Waals surface area contributed by atoms with E-state index in [1.807, 2.05) is 60.7 Å². The van der Waals surface area contributed by atoms with Crippen molar-refractivity contribution < 1.29 is 33.8 Å². The zero-order valence-electron chi connectivity index (χ0n) is 16.1. The minimum atomic E-state index is -2.01. The molecule has 2 fully saturated rings. The summed E-state index contributed by atoms with van der Waals surface area (Å²) in [5, 5.41) is 10.1. The second-order valence-corrected chi connectivity index (χ2v) is 7.17. The highest BCUT2D eigenvalue weighted by Crippen LogP contribution is 2.38. The van der Waals surface area contributed by atoms with Crippen molar-refractivity contribution in [3.63, 3.8) is 0 Å². The molecule has 2 aliphatic rings. The molecule has 8 nitrogen and oxygen atoms in total. The third-order valence-corrected chi connectivity index (χ3v) is 5.20. The van der Waals surface area contributed by atoms with Crippen LogP contribution in [0.2, 0.25) is 0 Å². The Morgan fingerprint density at radius 1 is 1.10 bits per heavy atom. The first-order valence-electron chi connectivity index (χ1n) is 9.66. The summed E-state index contributed by atoms with van der Waals surface area (Å²) in [7, 11) is 0. The summed E-state index contributed by atoms with van der Waals surface area (Å²) in [6.45, 7) is -0.548. The Kier molecular flexibility index (Phi) is 5.52. The molecule has 8 heteroatoms. The zero-order chi connectivity index (χ0) is 21.1. The molecule has 4 rings (SSSR count). The van der Waals surface area contributed by atoms with Crippen LogP contribution in [0.25, 0.3) is 0 Å². The van der Waals surface area contributed by atoms with Gasteiger partial charge in [-0.1, -0.05) is 60.7 Å². The van der Waals surface area contributed by atoms with Crippen LogP contribution in [-0.4, -0.2) is 47.0 Å². The number of carbonyl (C=O) groups is 3. The van der Waals surface area contributed by atoms with Crippen LogP contribution in [0.4, 0.5) is 0 Å². The van der Waals surface area contributed by atoms with E-state index in [4.69, 9.17) is 14.3 Å². The molecule has 0 radical (unpaired) electrons. The van der Waals surface area contributed by atoms with Crippen LogP contribution in [0.5, 0.6) is 0 Å². The van der Waals surface area contributed by atoms with E-state index >= 15 is 0 Å². The number of aliphatic hydroxyl groups is 1. The number of esters is 2. The Morgan fingerprint density at radius 2 is 1.70 bits per heavy atom. The molecular weight excluding hydrogens is 390 g/mol. The fourth-order valence-electron chi connectivity index (χ4n) is 3.59. The standard InChI is InChI=1S/C22H21NO7/c24-13-17-14-28-23(20(17)26)22(12-11-18(25)30-22)21(27)29-19(15-7-3-1-4-8-15)16-9-5-2-6-10-16/h1-10,17,19,24H,11-14H2/t17-,22?/m0/s1. The average molecular weight is 411 g/mol. The monoisotopic (exact) mass is 411 g/mol. The summed E-state index contributed by atoms with van der Waals surface area (Å²) < 4.78 is 11.2. The van der Waals surface area contributed by atoms with E-state index in [9.17, 15) is 19.5 Å². The van der Waals surface area contributed by atoms with Crippen molar-refractivity contribution >= 4 is 17.8 Å². The van der Waals surface area contributed by atoms with Crippen LogP contribution < -0.4 is 0 Å². The van der Waals surface area contributed by atoms with E-state index in [1.54, 1.807) is 0 Å². The van der Waals surface area contributed by atoms with Crippen molar-refractivity contribution in [2.75, 3.05) is 13.2 Å². The first-order valence-corrected chi connectivity index (χ1v) is 9.66. The summed E-state index contributed by atoms with van der Waals surface area (Å²) in [6, 6.07) is 18.3. The molecule has 2 heterocycles. The number of carbonyl (C=O) groups excluding carboxylic acids is 3. The van der Waals surface area contributed by atoms with Gasteiger partial charge in [-0.05, 0) is 11.1 Å². The normalized spacial score (nSPS) is 23.7. The predicted molar refractivity (Wildman–Crippen MR) is 102 cm³/mol. The fourth-order valence-corrected chi connectivity index (χ4v) is 3.59. The number of hydroxylamine groups is 2. The van der Waals surface area contributed by atoms with Crippen LogP contribution in [0.15, 0.2) is 60.7 Å². The summed E-state index contributed by atoms with van der Waals surface area (Å²) in [4.78, 5) is 43.3. The minimum absolute atomic E-state index is 0.0621. The van der Waals surface area contributed by atoms with E-state index < -0.39 is 42.2 Å². The highest BCUT2D eigenvalue weighted by Gasteiger charge is 2.60. The van der Waals surface area contributed by atoms with Gasteiger partial charge < -0.3 is 14.6 Å². The van der Waals surface area contributed by atoms with E-state index in [0.717, 1.165) is 16.2 Å². The molecule has 0 aliphatic carbocycles. The molecule has 1 N–H and O–H groups in total. The van der Waals surface area contributed by atoms with Gasteiger partial charge in [0, 0.05) is 6.42 Å². The van der Waals surface area contributed by atoms with Gasteiger partial charge in [0.1, 0.15) is 0 Å². The maximum absolute atomic E-state index is 13.4. The van der Waals surface area contributed by atoms with Gasteiger partial charge in [-0.25, -0.2) is 4.79 Å². The second-order valence-electron chi connectivity index (χ2n) is 7.17. The number of benzene rings is 2. The van der Waals surface area contributed by atoms with E-state index in [1.165, 1.54) is 0 Å². The number of aliphatic hydroxyl groups excluding tert-OH is 1. The molecule has 2 aliphatic heterocycles. The van der Waals surface area contributed by atoms with Crippen LogP contribution >= 0.6 is 0 Å². The second kappa shape index (κ2) is 8.25. The molecule has 0 spiro atoms. The van der Waals surface area contributed by atoms with Gasteiger partial charge in [0.05, 0.1) is 25.6 Å². The van der Waals surface area contributed by atoms with Crippen molar-refractivity contribution in [2.45, 2.75) is 24.7 Å². The summed E-state index contributed by atoms with van der Waals surface area (Å²) in [5.41, 5.74) is -0.572. The van der Waals surface area contributed by atoms with Crippen LogP contribution in [-0.2, 0) is 28.7 Å². The van der Waals surface area contributed by atoms with Crippen molar-refractivity contribution in [3.8, 4) is 0 Å². The Morgan fingerprint density at radius 3 is 2.17 bits per heavy atom. The van der Waals surface area contributed by atoms with Crippen LogP contribution in [0.3, 0.4) is 0 Å². The van der Waals surface area contributed by atoms with Gasteiger partial charge in [-0.3, -0.25) is 14.4 Å². The average Bonchev–Trinajstić information content (AvgIpc) is 3.36. The van der Waals surface area contributed by atoms with Gasteiger partial charge >= 0.3 is 17.7 Å². The predicted octanol–water partition coefficient (Wildman–Crippen LogP) is 1.73. The Hall–Kier alpha value is -3.23. The molecule has 0 bridgehead atoms. The summed E-state index contributed by atoms with van der Waals surface area (Å²) in [6.07, 6.45) is -0.930. The molecule has 1 amide bonds. The molecule has 30 heavy (non-hydrogen) atoms. The topological polar surface area (TPSA) is 102 Å². The number of nitrogens with zero attached hydrogens (tertiary/aromatic N) is 1. The van der Waals surface area contributed by atoms with Crippen LogP contribution in [0, 0.1) is 5.92 Å². The van der Waals surface area contributed by atoms with Gasteiger partial charge in [0.2, 0.25) is 0 Å². The van der Waals surface area contributed by atoms with Gasteiger partial charge in [0.15, 0.2) is 6.10 Å². The van der Waals surface area contributed by atoms with Crippen molar-refractivity contribution in [3.05, 3.63) is 71.8 Å². The van der Waals surface area contributed by atoms with Gasteiger partial charge in [0.25, 0.3) is 5.91 Å². The smallest absolute Gasteiger partial charge is 0.376 e. The lowest BCUT2D eigenvalue weighted by atomic mass is 10.0. The number of amides is 1. The van der Waals surface area contributed by atoms with Crippen molar-refractivity contribution in [2.24, 2.45) is 5.92 Å². The summed E-state index contributed by atoms with van der Waals surface area (Å²) >= 11 is 0. The SMILES string of the molecule is O=C1CCC(C(=O)OC(c2ccccc2)c2ccccc2)(N2OC[C@H](CO)C2=O)O1. The lowest BCUT2D eigenvalue weighted by molar-refractivity contribution is -0.260. The molecule has 2 aromatic carbocycles. The van der Waals surface area contributed by atoms with Crippen molar-refractivity contribution in [1.82, 2.24) is 5.06 Å². The Labute approximate surface area is 172 Å². The molecule has 156 valence electrons. The van der Waals surface area contributed by atoms with E-state index in [0.29, 0.717) is 0 Å². The van der Waals surface area contributed by atoms with E-state index in [-0.39, 0.29) is 19.4 Å². The van der Waals surface area contributed by atoms with Gasteiger partial charge in [-0.2, -0.15) is 5.06 Å². The number of hydrogen-bond donors (Lipinski definition) is 1. The molecule has 2 aromatic rings. The van der Waals surface area contributed by atoms with E-state index in [2.05, 4.69) is 0 Å². The number of cyclic esters (lactones) is 1. The highest BCUT2D eigenvalue weighted by molar-refractivity contribution is 5.92. The quantitative estimate of drug-likeness (QED) is 0.722. The summed E-state index contributed by atoms with van der Waals surface area (Å²) in [5.74, 6) is -2.99. The van der Waals surface area contributed by atoms with Gasteiger partial charge in [-0.15, -0.1) is 0 Å². The molecule has 2 saturated heterocycles. The zero-order valence-corrected chi connectivity index (χ0v) is 16.1. The maximum Gasteiger partial charge on any atom is 0.376 e. The highest BCUT2D eigenvalue weighted by atomic mass is 16.8. The number of hydrogen-bond acceptors (Lipinski definition) is 7. The Balaban J connectivity index is 1.67. The third-order valence-electron chi connectivity index (χ3n) is 5.20. The first kappa shape index (κ1) is 20.1. The number of ether oxygens (including phenoxy) is 2. The van der Waals surface area contributed by atoms with Crippen LogP contribution in [0.1, 0.15) is 30.1 Å². The lowest BCUT2D eigenvalue weighted by Gasteiger charge is -2.34.